The molecule has 2 aromatic carbocycles. The van der Waals surface area contributed by atoms with Crippen LogP contribution in [0.3, 0.4) is 0 Å². The van der Waals surface area contributed by atoms with Gasteiger partial charge in [0.25, 0.3) is 5.56 Å². The van der Waals surface area contributed by atoms with Crippen molar-refractivity contribution in [1.82, 2.24) is 9.66 Å². The first-order valence-electron chi connectivity index (χ1n) is 9.63. The van der Waals surface area contributed by atoms with E-state index in [4.69, 9.17) is 4.74 Å². The smallest absolute Gasteiger partial charge is 0.346 e. The zero-order valence-electron chi connectivity index (χ0n) is 17.3. The van der Waals surface area contributed by atoms with Gasteiger partial charge in [-0.3, -0.25) is 4.79 Å². The molecular weight excluding hydrogens is 577 g/mol. The highest BCUT2D eigenvalue weighted by Crippen LogP contribution is 2.23. The van der Waals surface area contributed by atoms with Crippen LogP contribution in [-0.4, -0.2) is 35.1 Å². The number of fused-ring (bicyclic) bond motifs is 1. The monoisotopic (exact) mass is 597 g/mol. The van der Waals surface area contributed by atoms with E-state index in [0.29, 0.717) is 28.9 Å². The van der Waals surface area contributed by atoms with Crippen LogP contribution in [0.15, 0.2) is 50.8 Å². The van der Waals surface area contributed by atoms with Crippen molar-refractivity contribution < 1.29 is 14.3 Å². The zero-order valence-corrected chi connectivity index (χ0v) is 21.0. The Bertz CT molecular complexity index is 1210. The lowest BCUT2D eigenvalue weighted by Gasteiger charge is -2.14. The summed E-state index contributed by atoms with van der Waals surface area (Å²) < 4.78 is 13.3. The fourth-order valence-electron chi connectivity index (χ4n) is 2.92. The van der Waals surface area contributed by atoms with Crippen molar-refractivity contribution in [3.05, 3.63) is 66.2 Å². The second-order valence-corrected chi connectivity index (χ2v) is 8.85. The van der Waals surface area contributed by atoms with Crippen molar-refractivity contribution in [1.29, 1.82) is 0 Å². The van der Waals surface area contributed by atoms with Crippen LogP contribution in [0.4, 0.5) is 0 Å². The summed E-state index contributed by atoms with van der Waals surface area (Å²) in [6, 6.07) is 10.9. The third kappa shape index (κ3) is 5.51. The normalized spacial score (nSPS) is 12.3. The van der Waals surface area contributed by atoms with Gasteiger partial charge in [-0.15, -0.1) is 0 Å². The predicted octanol–water partition coefficient (Wildman–Crippen LogP) is 4.54. The van der Waals surface area contributed by atoms with Crippen molar-refractivity contribution in [2.45, 2.75) is 32.8 Å². The van der Waals surface area contributed by atoms with Crippen LogP contribution in [0.1, 0.15) is 31.7 Å². The molecule has 0 aliphatic heterocycles. The molecule has 9 heteroatoms. The molecule has 31 heavy (non-hydrogen) atoms. The summed E-state index contributed by atoms with van der Waals surface area (Å²) in [6.07, 6.45) is 2.37. The Hall–Kier alpha value is -2.27. The highest BCUT2D eigenvalue weighted by atomic mass is 127. The summed E-state index contributed by atoms with van der Waals surface area (Å²) in [5.74, 6) is 0.733. The molecule has 0 bridgehead atoms. The molecule has 0 fully saturated rings. The Morgan fingerprint density at radius 1 is 1.32 bits per heavy atom. The topological polar surface area (TPSA) is 82.8 Å². The van der Waals surface area contributed by atoms with Gasteiger partial charge in [0.15, 0.2) is 6.10 Å². The fraction of sp³-hybridized carbons (Fsp3) is 0.273. The zero-order chi connectivity index (χ0) is 22.5. The second kappa shape index (κ2) is 10.4. The Labute approximate surface area is 201 Å². The summed E-state index contributed by atoms with van der Waals surface area (Å²) in [5, 5.41) is 4.93. The number of rotatable bonds is 7. The van der Waals surface area contributed by atoms with Crippen LogP contribution in [0, 0.1) is 3.57 Å². The van der Waals surface area contributed by atoms with E-state index in [2.05, 4.69) is 53.3 Å². The van der Waals surface area contributed by atoms with Crippen LogP contribution in [0.25, 0.3) is 10.9 Å². The van der Waals surface area contributed by atoms with Crippen LogP contribution < -0.4 is 10.3 Å². The Kier molecular flexibility index (Phi) is 7.82. The number of aryl methyl sites for hydroxylation is 1. The van der Waals surface area contributed by atoms with Gasteiger partial charge in [-0.1, -0.05) is 22.9 Å². The number of hydrogen-bond donors (Lipinski definition) is 0. The molecule has 0 aliphatic carbocycles. The van der Waals surface area contributed by atoms with Gasteiger partial charge in [0.05, 0.1) is 27.8 Å². The maximum absolute atomic E-state index is 13.1. The summed E-state index contributed by atoms with van der Waals surface area (Å²) >= 11 is 5.53. The summed E-state index contributed by atoms with van der Waals surface area (Å²) in [5.41, 5.74) is 1.22. The summed E-state index contributed by atoms with van der Waals surface area (Å²) in [4.78, 5) is 29.3. The van der Waals surface area contributed by atoms with Gasteiger partial charge in [0.2, 0.25) is 0 Å². The second-order valence-electron chi connectivity index (χ2n) is 6.77. The Balaban J connectivity index is 1.94. The number of halogens is 2. The van der Waals surface area contributed by atoms with Crippen molar-refractivity contribution in [2.24, 2.45) is 5.10 Å². The standard InChI is InChI=1S/C22H21BrIN3O4/c1-4-5-20-26-18-8-7-15(23)11-16(18)21(28)27(20)25-12-14-6-9-19(17(24)10-14)31-13(2)22(29)30-3/h6-13H,4-5H2,1-3H3/t13-/m1/s1. The molecule has 0 aliphatic rings. The number of methoxy groups -OCH3 is 1. The van der Waals surface area contributed by atoms with E-state index < -0.39 is 12.1 Å². The number of nitrogens with zero attached hydrogens (tertiary/aromatic N) is 3. The first-order chi connectivity index (χ1) is 14.8. The lowest BCUT2D eigenvalue weighted by Crippen LogP contribution is -2.25. The molecule has 0 amide bonds. The maximum atomic E-state index is 13.1. The molecule has 0 spiro atoms. The van der Waals surface area contributed by atoms with Crippen LogP contribution in [0.2, 0.25) is 0 Å². The molecule has 7 nitrogen and oxygen atoms in total. The number of esters is 1. The van der Waals surface area contributed by atoms with E-state index in [9.17, 15) is 9.59 Å². The van der Waals surface area contributed by atoms with Gasteiger partial charge >= 0.3 is 5.97 Å². The van der Waals surface area contributed by atoms with Gasteiger partial charge in [-0.05, 0) is 77.9 Å². The van der Waals surface area contributed by atoms with Crippen molar-refractivity contribution >= 4 is 61.6 Å². The molecule has 0 N–H and O–H groups in total. The molecule has 0 saturated heterocycles. The first kappa shape index (κ1) is 23.4. The maximum Gasteiger partial charge on any atom is 0.346 e. The first-order valence-corrected chi connectivity index (χ1v) is 11.5. The van der Waals surface area contributed by atoms with Gasteiger partial charge < -0.3 is 9.47 Å². The molecule has 1 heterocycles. The third-order valence-corrected chi connectivity index (χ3v) is 5.80. The highest BCUT2D eigenvalue weighted by Gasteiger charge is 2.16. The van der Waals surface area contributed by atoms with Crippen LogP contribution in [0.5, 0.6) is 5.75 Å². The molecule has 0 unspecified atom stereocenters. The number of ether oxygens (including phenoxy) is 2. The minimum Gasteiger partial charge on any atom is -0.478 e. The minimum absolute atomic E-state index is 0.215. The number of carbonyl (C=O) groups excluding carboxylic acids is 1. The third-order valence-electron chi connectivity index (χ3n) is 4.46. The molecule has 3 rings (SSSR count). The predicted molar refractivity (Wildman–Crippen MR) is 132 cm³/mol. The lowest BCUT2D eigenvalue weighted by molar-refractivity contribution is -0.147. The van der Waals surface area contributed by atoms with Crippen molar-refractivity contribution in [3.8, 4) is 5.75 Å². The molecule has 1 atom stereocenters. The number of carbonyl (C=O) groups is 1. The van der Waals surface area contributed by atoms with Gasteiger partial charge in [0, 0.05) is 10.9 Å². The highest BCUT2D eigenvalue weighted by molar-refractivity contribution is 14.1. The average molecular weight is 598 g/mol. The van der Waals surface area contributed by atoms with Gasteiger partial charge in [-0.25, -0.2) is 9.78 Å². The average Bonchev–Trinajstić information content (AvgIpc) is 2.75. The summed E-state index contributed by atoms with van der Waals surface area (Å²) in [7, 11) is 1.32. The molecule has 0 radical (unpaired) electrons. The van der Waals surface area contributed by atoms with Gasteiger partial charge in [-0.2, -0.15) is 9.78 Å². The van der Waals surface area contributed by atoms with E-state index in [0.717, 1.165) is 20.0 Å². The minimum atomic E-state index is -0.712. The molecule has 3 aromatic rings. The van der Waals surface area contributed by atoms with E-state index in [1.54, 1.807) is 31.3 Å². The van der Waals surface area contributed by atoms with Crippen LogP contribution >= 0.6 is 38.5 Å². The van der Waals surface area contributed by atoms with E-state index in [-0.39, 0.29) is 5.56 Å². The van der Waals surface area contributed by atoms with E-state index in [1.165, 1.54) is 11.8 Å². The quantitative estimate of drug-likeness (QED) is 0.227. The van der Waals surface area contributed by atoms with Crippen LogP contribution in [-0.2, 0) is 16.0 Å². The largest absolute Gasteiger partial charge is 0.478 e. The van der Waals surface area contributed by atoms with Gasteiger partial charge in [0.1, 0.15) is 11.6 Å². The van der Waals surface area contributed by atoms with E-state index >= 15 is 0 Å². The Morgan fingerprint density at radius 2 is 2.10 bits per heavy atom. The lowest BCUT2D eigenvalue weighted by atomic mass is 10.2. The molecule has 162 valence electrons. The number of benzene rings is 2. The molecular formula is C22H21BrIN3O4. The molecule has 0 saturated carbocycles. The Morgan fingerprint density at radius 3 is 2.77 bits per heavy atom. The number of hydrogen-bond acceptors (Lipinski definition) is 6. The number of aromatic nitrogens is 2. The van der Waals surface area contributed by atoms with E-state index in [1.807, 2.05) is 25.1 Å². The van der Waals surface area contributed by atoms with Crippen molar-refractivity contribution in [3.63, 3.8) is 0 Å². The summed E-state index contributed by atoms with van der Waals surface area (Å²) in [6.45, 7) is 3.66. The van der Waals surface area contributed by atoms with Crippen molar-refractivity contribution in [2.75, 3.05) is 7.11 Å². The molecule has 1 aromatic heterocycles. The fourth-order valence-corrected chi connectivity index (χ4v) is 3.95. The SMILES string of the molecule is CCCc1nc2ccc(Br)cc2c(=O)n1N=Cc1ccc(O[C@H](C)C(=O)OC)c(I)c1.